The number of benzene rings is 1. The molecule has 0 atom stereocenters. The quantitative estimate of drug-likeness (QED) is 0.827. The fraction of sp³-hybridized carbons (Fsp3) is 0.286. The largest absolute Gasteiger partial charge is 0.399 e. The van der Waals surface area contributed by atoms with Gasteiger partial charge in [0.15, 0.2) is 0 Å². The molecule has 0 unspecified atom stereocenters. The maximum absolute atomic E-state index is 11.9. The molecule has 3 N–H and O–H groups in total. The minimum atomic E-state index is -0.150. The van der Waals surface area contributed by atoms with Gasteiger partial charge in [-0.25, -0.2) is 0 Å². The third-order valence-corrected chi connectivity index (χ3v) is 2.98. The first-order valence-electron chi connectivity index (χ1n) is 6.26. The highest BCUT2D eigenvalue weighted by atomic mass is 16.5. The number of nitrogen functional groups attached to an aromatic ring is 1. The number of amides is 1. The second-order valence-electron chi connectivity index (χ2n) is 4.64. The summed E-state index contributed by atoms with van der Waals surface area (Å²) in [7, 11) is 3.48. The van der Waals surface area contributed by atoms with E-state index in [0.29, 0.717) is 17.8 Å². The second kappa shape index (κ2) is 5.64. The number of carbonyl (C=O) groups is 1. The summed E-state index contributed by atoms with van der Waals surface area (Å²) < 4.78 is 5.04. The molecule has 2 aromatic rings. The van der Waals surface area contributed by atoms with E-state index in [1.165, 1.54) is 0 Å². The Labute approximate surface area is 117 Å². The molecule has 1 amide bonds. The van der Waals surface area contributed by atoms with Crippen LogP contribution in [0.4, 0.5) is 11.4 Å². The van der Waals surface area contributed by atoms with Crippen LogP contribution < -0.4 is 16.0 Å². The number of carbonyl (C=O) groups excluding carboxylic acids is 1. The van der Waals surface area contributed by atoms with E-state index in [1.54, 1.807) is 25.2 Å². The van der Waals surface area contributed by atoms with E-state index in [4.69, 9.17) is 10.3 Å². The van der Waals surface area contributed by atoms with Gasteiger partial charge in [-0.2, -0.15) is 0 Å². The minimum Gasteiger partial charge on any atom is -0.399 e. The molecule has 0 bridgehead atoms. The molecule has 0 aliphatic rings. The van der Waals surface area contributed by atoms with Gasteiger partial charge in [0.1, 0.15) is 11.5 Å². The number of hydrogen-bond donors (Lipinski definition) is 2. The van der Waals surface area contributed by atoms with Gasteiger partial charge in [-0.15, -0.1) is 0 Å². The Hall–Kier alpha value is -2.50. The molecule has 6 nitrogen and oxygen atoms in total. The van der Waals surface area contributed by atoms with Crippen LogP contribution in [0.2, 0.25) is 0 Å². The molecule has 0 fully saturated rings. The first-order chi connectivity index (χ1) is 9.51. The maximum Gasteiger partial charge on any atom is 0.253 e. The molecular formula is C14H18N4O2. The highest BCUT2D eigenvalue weighted by Gasteiger charge is 2.15. The van der Waals surface area contributed by atoms with Crippen LogP contribution in [0.5, 0.6) is 0 Å². The fourth-order valence-electron chi connectivity index (χ4n) is 2.01. The van der Waals surface area contributed by atoms with E-state index in [1.807, 2.05) is 24.9 Å². The lowest BCUT2D eigenvalue weighted by Gasteiger charge is -2.21. The molecular weight excluding hydrogens is 256 g/mol. The third kappa shape index (κ3) is 2.90. The number of nitrogens with one attached hydrogen (secondary N) is 1. The average molecular weight is 274 g/mol. The van der Waals surface area contributed by atoms with Gasteiger partial charge in [-0.05, 0) is 25.1 Å². The zero-order chi connectivity index (χ0) is 14.7. The third-order valence-electron chi connectivity index (χ3n) is 2.98. The average Bonchev–Trinajstić information content (AvgIpc) is 2.83. The highest BCUT2D eigenvalue weighted by molar-refractivity contribution is 6.00. The van der Waals surface area contributed by atoms with Crippen molar-refractivity contribution in [1.82, 2.24) is 10.5 Å². The Bertz CT molecular complexity index is 621. The van der Waals surface area contributed by atoms with Gasteiger partial charge < -0.3 is 20.5 Å². The molecule has 1 aromatic carbocycles. The molecule has 6 heteroatoms. The molecule has 0 aliphatic carbocycles. The normalized spacial score (nSPS) is 10.3. The van der Waals surface area contributed by atoms with Crippen LogP contribution in [0, 0.1) is 6.92 Å². The summed E-state index contributed by atoms with van der Waals surface area (Å²) in [5, 5.41) is 6.57. The summed E-state index contributed by atoms with van der Waals surface area (Å²) in [6.07, 6.45) is 0. The van der Waals surface area contributed by atoms with Crippen LogP contribution >= 0.6 is 0 Å². The van der Waals surface area contributed by atoms with Gasteiger partial charge in [0.25, 0.3) is 5.91 Å². The molecule has 2 rings (SSSR count). The van der Waals surface area contributed by atoms with Crippen LogP contribution in [0.25, 0.3) is 0 Å². The number of rotatable bonds is 4. The van der Waals surface area contributed by atoms with Crippen molar-refractivity contribution in [2.45, 2.75) is 13.5 Å². The van der Waals surface area contributed by atoms with Crippen LogP contribution in [-0.2, 0) is 6.54 Å². The Balaban J connectivity index is 2.30. The van der Waals surface area contributed by atoms with Gasteiger partial charge in [0, 0.05) is 25.8 Å². The Kier molecular flexibility index (Phi) is 3.93. The SMILES string of the molecule is CNC(=O)c1ccc(N)cc1N(C)Cc1cc(C)on1. The predicted octanol–water partition coefficient (Wildman–Crippen LogP) is 1.56. The topological polar surface area (TPSA) is 84.4 Å². The van der Waals surface area contributed by atoms with Gasteiger partial charge in [-0.1, -0.05) is 5.16 Å². The number of aromatic nitrogens is 1. The van der Waals surface area contributed by atoms with Gasteiger partial charge in [-0.3, -0.25) is 4.79 Å². The summed E-state index contributed by atoms with van der Waals surface area (Å²) in [6.45, 7) is 2.37. The monoisotopic (exact) mass is 274 g/mol. The van der Waals surface area contributed by atoms with Crippen LogP contribution in [0.3, 0.4) is 0 Å². The van der Waals surface area contributed by atoms with Crippen molar-refractivity contribution in [2.75, 3.05) is 24.7 Å². The smallest absolute Gasteiger partial charge is 0.253 e. The molecule has 0 saturated carbocycles. The van der Waals surface area contributed by atoms with Crippen molar-refractivity contribution in [3.05, 3.63) is 41.3 Å². The van der Waals surface area contributed by atoms with Crippen LogP contribution in [0.1, 0.15) is 21.8 Å². The molecule has 20 heavy (non-hydrogen) atoms. The summed E-state index contributed by atoms with van der Waals surface area (Å²) in [6, 6.07) is 7.07. The number of nitrogens with zero attached hydrogens (tertiary/aromatic N) is 2. The molecule has 0 radical (unpaired) electrons. The molecule has 0 saturated heterocycles. The summed E-state index contributed by atoms with van der Waals surface area (Å²) in [5.74, 6) is 0.607. The highest BCUT2D eigenvalue weighted by Crippen LogP contribution is 2.24. The van der Waals surface area contributed by atoms with E-state index in [9.17, 15) is 4.79 Å². The van der Waals surface area contributed by atoms with Crippen LogP contribution in [0.15, 0.2) is 28.8 Å². The van der Waals surface area contributed by atoms with Crippen molar-refractivity contribution < 1.29 is 9.32 Å². The zero-order valence-corrected chi connectivity index (χ0v) is 11.8. The zero-order valence-electron chi connectivity index (χ0n) is 11.8. The first kappa shape index (κ1) is 13.9. The van der Waals surface area contributed by atoms with Gasteiger partial charge in [0.05, 0.1) is 17.8 Å². The predicted molar refractivity (Wildman–Crippen MR) is 77.6 cm³/mol. The molecule has 0 aliphatic heterocycles. The number of hydrogen-bond acceptors (Lipinski definition) is 5. The van der Waals surface area contributed by atoms with E-state index in [2.05, 4.69) is 10.5 Å². The maximum atomic E-state index is 11.9. The molecule has 106 valence electrons. The van der Waals surface area contributed by atoms with Crippen LogP contribution in [-0.4, -0.2) is 25.2 Å². The van der Waals surface area contributed by atoms with Crippen molar-refractivity contribution >= 4 is 17.3 Å². The second-order valence-corrected chi connectivity index (χ2v) is 4.64. The molecule has 0 spiro atoms. The lowest BCUT2D eigenvalue weighted by molar-refractivity contribution is 0.0963. The fourth-order valence-corrected chi connectivity index (χ4v) is 2.01. The van der Waals surface area contributed by atoms with E-state index >= 15 is 0 Å². The molecule has 1 aromatic heterocycles. The summed E-state index contributed by atoms with van der Waals surface area (Å²) >= 11 is 0. The Morgan fingerprint density at radius 1 is 1.45 bits per heavy atom. The van der Waals surface area contributed by atoms with Crippen molar-refractivity contribution in [1.29, 1.82) is 0 Å². The summed E-state index contributed by atoms with van der Waals surface area (Å²) in [5.41, 5.74) is 8.55. The van der Waals surface area contributed by atoms with Gasteiger partial charge >= 0.3 is 0 Å². The lowest BCUT2D eigenvalue weighted by atomic mass is 10.1. The Morgan fingerprint density at radius 2 is 2.20 bits per heavy atom. The van der Waals surface area contributed by atoms with E-state index in [0.717, 1.165) is 17.1 Å². The minimum absolute atomic E-state index is 0.150. The standard InChI is InChI=1S/C14H18N4O2/c1-9-6-11(17-20-9)8-18(3)13-7-10(15)4-5-12(13)14(19)16-2/h4-7H,8,15H2,1-3H3,(H,16,19). The number of aryl methyl sites for hydroxylation is 1. The van der Waals surface area contributed by atoms with Crippen molar-refractivity contribution in [2.24, 2.45) is 0 Å². The van der Waals surface area contributed by atoms with E-state index < -0.39 is 0 Å². The van der Waals surface area contributed by atoms with Crippen molar-refractivity contribution in [3.63, 3.8) is 0 Å². The van der Waals surface area contributed by atoms with Crippen molar-refractivity contribution in [3.8, 4) is 0 Å². The number of anilines is 2. The lowest BCUT2D eigenvalue weighted by Crippen LogP contribution is -2.24. The number of nitrogens with two attached hydrogens (primary N) is 1. The Morgan fingerprint density at radius 3 is 2.80 bits per heavy atom. The summed E-state index contributed by atoms with van der Waals surface area (Å²) in [4.78, 5) is 13.8. The van der Waals surface area contributed by atoms with E-state index in [-0.39, 0.29) is 5.91 Å². The van der Waals surface area contributed by atoms with Gasteiger partial charge in [0.2, 0.25) is 0 Å². The molecule has 1 heterocycles. The first-order valence-corrected chi connectivity index (χ1v) is 6.26.